The van der Waals surface area contributed by atoms with Gasteiger partial charge in [-0.25, -0.2) is 20.0 Å². The Morgan fingerprint density at radius 3 is 2.00 bits per heavy atom. The van der Waals surface area contributed by atoms with E-state index in [0.29, 0.717) is 5.01 Å². The molecule has 0 bridgehead atoms. The fraction of sp³-hybridized carbons (Fsp3) is 0.600. The van der Waals surface area contributed by atoms with Crippen LogP contribution in [0.2, 0.25) is 0 Å². The predicted molar refractivity (Wildman–Crippen MR) is 36.0 cm³/mol. The number of rotatable bonds is 3. The average Bonchev–Trinajstić information content (AvgIpc) is 1.88. The number of carboxylic acids is 1. The van der Waals surface area contributed by atoms with Gasteiger partial charge >= 0.3 is 12.1 Å². The van der Waals surface area contributed by atoms with Crippen LogP contribution in [0, 0.1) is 0 Å². The number of amides is 1. The summed E-state index contributed by atoms with van der Waals surface area (Å²) < 4.78 is 0. The Labute approximate surface area is 63.4 Å². The van der Waals surface area contributed by atoms with Crippen LogP contribution in [0.3, 0.4) is 0 Å². The molecule has 0 radical (unpaired) electrons. The van der Waals surface area contributed by atoms with Crippen LogP contribution in [-0.4, -0.2) is 40.4 Å². The number of carboxylic acid groups (broad SMARTS) is 2. The number of nitrogens with one attached hydrogen (secondary N) is 1. The lowest BCUT2D eigenvalue weighted by Gasteiger charge is -2.21. The van der Waals surface area contributed by atoms with Crippen molar-refractivity contribution in [3.63, 3.8) is 0 Å². The molecule has 0 aromatic heterocycles. The zero-order valence-electron chi connectivity index (χ0n) is 6.24. The van der Waals surface area contributed by atoms with E-state index in [-0.39, 0.29) is 0 Å². The third-order valence-corrected chi connectivity index (χ3v) is 1.19. The van der Waals surface area contributed by atoms with Gasteiger partial charge in [0.25, 0.3) is 0 Å². The normalized spacial score (nSPS) is 12.2. The van der Waals surface area contributed by atoms with E-state index in [1.807, 2.05) is 0 Å². The van der Waals surface area contributed by atoms with Crippen LogP contribution >= 0.6 is 0 Å². The van der Waals surface area contributed by atoms with Crippen molar-refractivity contribution in [3.8, 4) is 0 Å². The molecule has 11 heavy (non-hydrogen) atoms. The number of hydrazine groups is 1. The van der Waals surface area contributed by atoms with Crippen molar-refractivity contribution >= 4 is 12.1 Å². The zero-order valence-corrected chi connectivity index (χ0v) is 6.24. The van der Waals surface area contributed by atoms with Crippen molar-refractivity contribution < 1.29 is 19.8 Å². The highest BCUT2D eigenvalue weighted by Crippen LogP contribution is 1.94. The van der Waals surface area contributed by atoms with E-state index in [0.717, 1.165) is 0 Å². The first-order chi connectivity index (χ1) is 5.00. The third kappa shape index (κ3) is 2.42. The SMILES string of the molecule is CNN(C(=O)O)C(C)C(=O)O. The zero-order chi connectivity index (χ0) is 9.02. The number of hydrogen-bond donors (Lipinski definition) is 3. The molecule has 0 saturated carbocycles. The van der Waals surface area contributed by atoms with Crippen LogP contribution in [0.5, 0.6) is 0 Å². The van der Waals surface area contributed by atoms with Gasteiger partial charge in [0.2, 0.25) is 0 Å². The summed E-state index contributed by atoms with van der Waals surface area (Å²) in [5.74, 6) is -1.19. The van der Waals surface area contributed by atoms with E-state index < -0.39 is 18.1 Å². The van der Waals surface area contributed by atoms with Crippen molar-refractivity contribution in [2.75, 3.05) is 7.05 Å². The average molecular weight is 162 g/mol. The van der Waals surface area contributed by atoms with Crippen molar-refractivity contribution in [3.05, 3.63) is 0 Å². The second-order valence-corrected chi connectivity index (χ2v) is 1.89. The maximum absolute atomic E-state index is 10.3. The molecule has 0 heterocycles. The van der Waals surface area contributed by atoms with Gasteiger partial charge in [0.05, 0.1) is 0 Å². The largest absolute Gasteiger partial charge is 0.480 e. The molecule has 0 aliphatic rings. The van der Waals surface area contributed by atoms with Gasteiger partial charge in [0.15, 0.2) is 0 Å². The van der Waals surface area contributed by atoms with Gasteiger partial charge in [-0.1, -0.05) is 0 Å². The Morgan fingerprint density at radius 2 is 1.91 bits per heavy atom. The summed E-state index contributed by atoms with van der Waals surface area (Å²) in [4.78, 5) is 20.5. The van der Waals surface area contributed by atoms with Crippen molar-refractivity contribution in [2.24, 2.45) is 0 Å². The lowest BCUT2D eigenvalue weighted by Crippen LogP contribution is -2.49. The summed E-state index contributed by atoms with van der Waals surface area (Å²) in [6, 6.07) is -1.09. The van der Waals surface area contributed by atoms with Crippen molar-refractivity contribution in [1.82, 2.24) is 10.4 Å². The van der Waals surface area contributed by atoms with Crippen LogP contribution in [0.4, 0.5) is 4.79 Å². The van der Waals surface area contributed by atoms with Gasteiger partial charge < -0.3 is 10.2 Å². The molecule has 6 nitrogen and oxygen atoms in total. The van der Waals surface area contributed by atoms with Crippen molar-refractivity contribution in [1.29, 1.82) is 0 Å². The molecule has 64 valence electrons. The Morgan fingerprint density at radius 1 is 1.45 bits per heavy atom. The number of aliphatic carboxylic acids is 1. The summed E-state index contributed by atoms with van der Waals surface area (Å²) >= 11 is 0. The summed E-state index contributed by atoms with van der Waals surface area (Å²) in [5.41, 5.74) is 2.24. The quantitative estimate of drug-likeness (QED) is 0.490. The first-order valence-electron chi connectivity index (χ1n) is 2.93. The molecule has 3 N–H and O–H groups in total. The highest BCUT2D eigenvalue weighted by Gasteiger charge is 2.23. The smallest absolute Gasteiger partial charge is 0.422 e. The predicted octanol–water partition coefficient (Wildman–Crippen LogP) is -0.426. The molecule has 1 atom stereocenters. The molecule has 0 aromatic carbocycles. The summed E-state index contributed by atoms with van der Waals surface area (Å²) in [6.07, 6.45) is -1.32. The number of hydrogen-bond acceptors (Lipinski definition) is 3. The van der Waals surface area contributed by atoms with Crippen molar-refractivity contribution in [2.45, 2.75) is 13.0 Å². The highest BCUT2D eigenvalue weighted by atomic mass is 16.4. The van der Waals surface area contributed by atoms with Gasteiger partial charge in [0.1, 0.15) is 6.04 Å². The maximum Gasteiger partial charge on any atom is 0.422 e. The molecule has 1 amide bonds. The fourth-order valence-electron chi connectivity index (χ4n) is 0.565. The molecule has 0 aromatic rings. The van der Waals surface area contributed by atoms with Crippen LogP contribution in [0.15, 0.2) is 0 Å². The van der Waals surface area contributed by atoms with E-state index in [4.69, 9.17) is 10.2 Å². The van der Waals surface area contributed by atoms with Gasteiger partial charge in [-0.05, 0) is 6.92 Å². The standard InChI is InChI=1S/C5H10N2O4/c1-3(4(8)9)7(6-2)5(10)11/h3,6H,1-2H3,(H,8,9)(H,10,11). The highest BCUT2D eigenvalue weighted by molar-refractivity contribution is 5.78. The fourth-order valence-corrected chi connectivity index (χ4v) is 0.565. The monoisotopic (exact) mass is 162 g/mol. The second-order valence-electron chi connectivity index (χ2n) is 1.89. The molecule has 0 saturated heterocycles. The van der Waals surface area contributed by atoms with E-state index in [9.17, 15) is 9.59 Å². The number of nitrogens with zero attached hydrogens (tertiary/aromatic N) is 1. The Bertz CT molecular complexity index is 170. The van der Waals surface area contributed by atoms with E-state index in [2.05, 4.69) is 5.43 Å². The lowest BCUT2D eigenvalue weighted by atomic mass is 10.3. The summed E-state index contributed by atoms with van der Waals surface area (Å²) in [5, 5.41) is 17.4. The van der Waals surface area contributed by atoms with Gasteiger partial charge in [0, 0.05) is 7.05 Å². The number of carbonyl (C=O) groups is 2. The minimum atomic E-state index is -1.32. The molecule has 6 heteroatoms. The molecule has 0 spiro atoms. The minimum Gasteiger partial charge on any atom is -0.480 e. The molecule has 0 aliphatic carbocycles. The Hall–Kier alpha value is -1.30. The van der Waals surface area contributed by atoms with Crippen LogP contribution in [0.1, 0.15) is 6.92 Å². The second kappa shape index (κ2) is 3.77. The van der Waals surface area contributed by atoms with Gasteiger partial charge in [-0.15, -0.1) is 0 Å². The van der Waals surface area contributed by atoms with Crippen LogP contribution in [-0.2, 0) is 4.79 Å². The maximum atomic E-state index is 10.3. The molecule has 1 unspecified atom stereocenters. The van der Waals surface area contributed by atoms with Crippen LogP contribution in [0.25, 0.3) is 0 Å². The Kier molecular flexibility index (Phi) is 3.32. The summed E-state index contributed by atoms with van der Waals surface area (Å²) in [7, 11) is 1.34. The molecular formula is C5H10N2O4. The van der Waals surface area contributed by atoms with Gasteiger partial charge in [-0.2, -0.15) is 0 Å². The summed E-state index contributed by atoms with van der Waals surface area (Å²) in [6.45, 7) is 1.27. The minimum absolute atomic E-state index is 0.600. The molecular weight excluding hydrogens is 152 g/mol. The Balaban J connectivity index is 4.25. The van der Waals surface area contributed by atoms with Gasteiger partial charge in [-0.3, -0.25) is 0 Å². The first kappa shape index (κ1) is 9.70. The van der Waals surface area contributed by atoms with Crippen LogP contribution < -0.4 is 5.43 Å². The topological polar surface area (TPSA) is 89.9 Å². The third-order valence-electron chi connectivity index (χ3n) is 1.19. The lowest BCUT2D eigenvalue weighted by molar-refractivity contribution is -0.142. The molecule has 0 rings (SSSR count). The van der Waals surface area contributed by atoms with E-state index >= 15 is 0 Å². The first-order valence-corrected chi connectivity index (χ1v) is 2.93. The molecule has 0 aliphatic heterocycles. The molecule has 0 fully saturated rings. The van der Waals surface area contributed by atoms with E-state index in [1.54, 1.807) is 0 Å². The van der Waals surface area contributed by atoms with E-state index in [1.165, 1.54) is 14.0 Å².